The van der Waals surface area contributed by atoms with Gasteiger partial charge in [0.2, 0.25) is 0 Å². The fraction of sp³-hybridized carbons (Fsp3) is 0.500. The van der Waals surface area contributed by atoms with Gasteiger partial charge in [-0.15, -0.1) is 0 Å². The molecule has 0 unspecified atom stereocenters. The van der Waals surface area contributed by atoms with E-state index in [9.17, 15) is 4.79 Å². The number of benzene rings is 1. The maximum atomic E-state index is 11.2. The summed E-state index contributed by atoms with van der Waals surface area (Å²) in [7, 11) is 4.14. The standard InChI is InChI=1S/C16H24NO/c1-13(2)10-14(12-18)11-16(17(3)4)15-8-6-5-7-9-15/h5-9,12,14,16H,10-11H2,1-4H3/t14-,16-/m0/s1. The molecule has 0 aromatic heterocycles. The third-order valence-electron chi connectivity index (χ3n) is 3.20. The van der Waals surface area contributed by atoms with Gasteiger partial charge in [-0.1, -0.05) is 44.2 Å². The molecule has 0 aliphatic heterocycles. The van der Waals surface area contributed by atoms with Gasteiger partial charge in [0.1, 0.15) is 6.29 Å². The third-order valence-corrected chi connectivity index (χ3v) is 3.20. The minimum Gasteiger partial charge on any atom is -0.303 e. The third kappa shape index (κ3) is 4.61. The molecule has 0 fully saturated rings. The van der Waals surface area contributed by atoms with E-state index in [1.165, 1.54) is 11.5 Å². The highest BCUT2D eigenvalue weighted by Crippen LogP contribution is 2.28. The zero-order chi connectivity index (χ0) is 13.5. The van der Waals surface area contributed by atoms with E-state index in [-0.39, 0.29) is 5.92 Å². The lowest BCUT2D eigenvalue weighted by Crippen LogP contribution is -2.23. The van der Waals surface area contributed by atoms with Crippen LogP contribution in [0, 0.1) is 11.8 Å². The van der Waals surface area contributed by atoms with Crippen LogP contribution in [0.25, 0.3) is 0 Å². The van der Waals surface area contributed by atoms with Gasteiger partial charge in [0.05, 0.1) is 0 Å². The molecule has 1 aromatic carbocycles. The molecule has 0 N–H and O–H groups in total. The first-order chi connectivity index (χ1) is 8.54. The Labute approximate surface area is 111 Å². The van der Waals surface area contributed by atoms with Crippen LogP contribution in [0.4, 0.5) is 0 Å². The molecule has 2 nitrogen and oxygen atoms in total. The van der Waals surface area contributed by atoms with Crippen molar-refractivity contribution in [1.29, 1.82) is 0 Å². The normalized spacial score (nSPS) is 14.8. The quantitative estimate of drug-likeness (QED) is 0.686. The molecule has 1 rings (SSSR count). The number of carbonyl (C=O) groups excluding carboxylic acids is 1. The van der Waals surface area contributed by atoms with Crippen LogP contribution in [0.3, 0.4) is 0 Å². The van der Waals surface area contributed by atoms with E-state index in [0.717, 1.165) is 19.1 Å². The molecule has 0 spiro atoms. The van der Waals surface area contributed by atoms with Crippen molar-refractivity contribution in [3.05, 3.63) is 41.8 Å². The van der Waals surface area contributed by atoms with E-state index in [0.29, 0.717) is 6.04 Å². The minimum absolute atomic E-state index is 0.114. The zero-order valence-corrected chi connectivity index (χ0v) is 11.9. The topological polar surface area (TPSA) is 20.3 Å². The molecule has 0 saturated heterocycles. The van der Waals surface area contributed by atoms with Crippen LogP contribution in [0.15, 0.2) is 30.3 Å². The molecule has 2 atom stereocenters. The highest BCUT2D eigenvalue weighted by molar-refractivity contribution is 5.54. The van der Waals surface area contributed by atoms with Crippen molar-refractivity contribution in [3.8, 4) is 0 Å². The number of carbonyl (C=O) groups is 1. The minimum atomic E-state index is 0.114. The monoisotopic (exact) mass is 246 g/mol. The summed E-state index contributed by atoms with van der Waals surface area (Å²) in [6.07, 6.45) is 2.87. The van der Waals surface area contributed by atoms with Crippen molar-refractivity contribution in [3.63, 3.8) is 0 Å². The van der Waals surface area contributed by atoms with Crippen molar-refractivity contribution in [1.82, 2.24) is 4.90 Å². The molecule has 0 heterocycles. The molecule has 1 radical (unpaired) electrons. The Morgan fingerprint density at radius 1 is 1.22 bits per heavy atom. The summed E-state index contributed by atoms with van der Waals surface area (Å²) in [5.74, 6) is 1.43. The summed E-state index contributed by atoms with van der Waals surface area (Å²) in [6, 6.07) is 10.7. The number of hydrogen-bond acceptors (Lipinski definition) is 2. The molecule has 0 amide bonds. The average molecular weight is 246 g/mol. The Morgan fingerprint density at radius 2 is 1.83 bits per heavy atom. The number of aldehydes is 1. The first kappa shape index (κ1) is 14.9. The van der Waals surface area contributed by atoms with Gasteiger partial charge >= 0.3 is 0 Å². The molecule has 99 valence electrons. The summed E-state index contributed by atoms with van der Waals surface area (Å²) in [5.41, 5.74) is 1.28. The van der Waals surface area contributed by atoms with Gasteiger partial charge < -0.3 is 9.69 Å². The van der Waals surface area contributed by atoms with Crippen molar-refractivity contribution < 1.29 is 4.79 Å². The van der Waals surface area contributed by atoms with Gasteiger partial charge in [-0.2, -0.15) is 0 Å². The second kappa shape index (κ2) is 7.32. The average Bonchev–Trinajstić information content (AvgIpc) is 2.34. The van der Waals surface area contributed by atoms with E-state index >= 15 is 0 Å². The van der Waals surface area contributed by atoms with E-state index in [4.69, 9.17) is 0 Å². The van der Waals surface area contributed by atoms with Crippen LogP contribution >= 0.6 is 0 Å². The largest absolute Gasteiger partial charge is 0.303 e. The van der Waals surface area contributed by atoms with Crippen LogP contribution in [0.2, 0.25) is 0 Å². The van der Waals surface area contributed by atoms with Crippen LogP contribution in [-0.4, -0.2) is 25.3 Å². The first-order valence-electron chi connectivity index (χ1n) is 6.50. The van der Waals surface area contributed by atoms with Crippen LogP contribution in [0.1, 0.15) is 38.3 Å². The molecule has 18 heavy (non-hydrogen) atoms. The summed E-state index contributed by atoms with van der Waals surface area (Å²) >= 11 is 0. The Hall–Kier alpha value is -1.15. The molecule has 0 bridgehead atoms. The smallest absolute Gasteiger partial charge is 0.123 e. The van der Waals surface area contributed by atoms with Crippen molar-refractivity contribution >= 4 is 6.29 Å². The SMILES string of the molecule is C[C](C)C[C@H](C=O)C[C@@H](c1ccccc1)N(C)C. The van der Waals surface area contributed by atoms with Gasteiger partial charge in [-0.3, -0.25) is 0 Å². The van der Waals surface area contributed by atoms with Gasteiger partial charge in [-0.05, 0) is 38.4 Å². The van der Waals surface area contributed by atoms with Crippen LogP contribution < -0.4 is 0 Å². The molecule has 2 heteroatoms. The number of hydrogen-bond donors (Lipinski definition) is 0. The van der Waals surface area contributed by atoms with Gasteiger partial charge in [0.15, 0.2) is 0 Å². The Balaban J connectivity index is 2.77. The molecule has 0 aliphatic rings. The second-order valence-electron chi connectivity index (χ2n) is 5.43. The number of nitrogens with zero attached hydrogens (tertiary/aromatic N) is 1. The van der Waals surface area contributed by atoms with Crippen molar-refractivity contribution in [2.45, 2.75) is 32.7 Å². The lowest BCUT2D eigenvalue weighted by atomic mass is 9.89. The Morgan fingerprint density at radius 3 is 2.28 bits per heavy atom. The van der Waals surface area contributed by atoms with Gasteiger partial charge in [0, 0.05) is 12.0 Å². The summed E-state index contributed by atoms with van der Waals surface area (Å²) in [6.45, 7) is 4.17. The Bertz CT molecular complexity index is 345. The van der Waals surface area contributed by atoms with Crippen molar-refractivity contribution in [2.24, 2.45) is 5.92 Å². The lowest BCUT2D eigenvalue weighted by molar-refractivity contribution is -0.111. The van der Waals surface area contributed by atoms with Crippen LogP contribution in [0.5, 0.6) is 0 Å². The van der Waals surface area contributed by atoms with Gasteiger partial charge in [0.25, 0.3) is 0 Å². The molecule has 0 aliphatic carbocycles. The van der Waals surface area contributed by atoms with Crippen molar-refractivity contribution in [2.75, 3.05) is 14.1 Å². The predicted octanol–water partition coefficient (Wildman–Crippen LogP) is 3.50. The Kier molecular flexibility index (Phi) is 6.06. The van der Waals surface area contributed by atoms with E-state index in [1.807, 2.05) is 6.07 Å². The van der Waals surface area contributed by atoms with E-state index in [1.54, 1.807) is 0 Å². The summed E-state index contributed by atoms with van der Waals surface area (Å²) in [4.78, 5) is 13.4. The second-order valence-corrected chi connectivity index (χ2v) is 5.43. The lowest BCUT2D eigenvalue weighted by Gasteiger charge is -2.27. The zero-order valence-electron chi connectivity index (χ0n) is 11.9. The summed E-state index contributed by atoms with van der Waals surface area (Å²) < 4.78 is 0. The highest BCUT2D eigenvalue weighted by Gasteiger charge is 2.20. The maximum Gasteiger partial charge on any atom is 0.123 e. The highest BCUT2D eigenvalue weighted by atomic mass is 16.1. The number of rotatable bonds is 7. The van der Waals surface area contributed by atoms with Crippen LogP contribution in [-0.2, 0) is 4.79 Å². The fourth-order valence-electron chi connectivity index (χ4n) is 2.32. The molecular weight excluding hydrogens is 222 g/mol. The summed E-state index contributed by atoms with van der Waals surface area (Å²) in [5, 5.41) is 0. The van der Waals surface area contributed by atoms with Gasteiger partial charge in [-0.25, -0.2) is 0 Å². The maximum absolute atomic E-state index is 11.2. The van der Waals surface area contributed by atoms with E-state index in [2.05, 4.69) is 57.1 Å². The predicted molar refractivity (Wildman–Crippen MR) is 76.2 cm³/mol. The van der Waals surface area contributed by atoms with E-state index < -0.39 is 0 Å². The molecular formula is C16H24NO. The first-order valence-corrected chi connectivity index (χ1v) is 6.50. The fourth-order valence-corrected chi connectivity index (χ4v) is 2.32. The molecule has 1 aromatic rings. The molecule has 0 saturated carbocycles.